The van der Waals surface area contributed by atoms with E-state index >= 15 is 0 Å². The first-order chi connectivity index (χ1) is 15.3. The van der Waals surface area contributed by atoms with E-state index in [2.05, 4.69) is 10.4 Å². The van der Waals surface area contributed by atoms with Gasteiger partial charge < -0.3 is 5.32 Å². The molecule has 1 aliphatic rings. The molecule has 1 amide bonds. The summed E-state index contributed by atoms with van der Waals surface area (Å²) in [7, 11) is -3.11. The highest BCUT2D eigenvalue weighted by Gasteiger charge is 2.32. The van der Waals surface area contributed by atoms with Gasteiger partial charge in [-0.1, -0.05) is 29.8 Å². The lowest BCUT2D eigenvalue weighted by Crippen LogP contribution is -2.15. The van der Waals surface area contributed by atoms with Crippen molar-refractivity contribution in [1.29, 1.82) is 0 Å². The Labute approximate surface area is 194 Å². The second-order valence-electron chi connectivity index (χ2n) is 7.75. The fourth-order valence-electron chi connectivity index (χ4n) is 4.02. The van der Waals surface area contributed by atoms with Gasteiger partial charge >= 0.3 is 0 Å². The Morgan fingerprint density at radius 2 is 2.06 bits per heavy atom. The lowest BCUT2D eigenvalue weighted by molar-refractivity contribution is 0.102. The molecule has 0 radical (unpaired) electrons. The number of amides is 1. The second kappa shape index (κ2) is 7.99. The molecule has 1 fully saturated rings. The number of anilines is 1. The van der Waals surface area contributed by atoms with E-state index in [4.69, 9.17) is 16.6 Å². The van der Waals surface area contributed by atoms with Crippen molar-refractivity contribution in [2.24, 2.45) is 0 Å². The van der Waals surface area contributed by atoms with Crippen LogP contribution in [0.3, 0.4) is 0 Å². The molecule has 3 aromatic heterocycles. The SMILES string of the molecule is Cc1nn(C2CCS(=O)(=O)C2)c2nc(-c3cccs3)cc(C(=O)Nc3ccccc3Cl)c12. The van der Waals surface area contributed by atoms with Crippen LogP contribution >= 0.6 is 22.9 Å². The van der Waals surface area contributed by atoms with Gasteiger partial charge in [0.1, 0.15) is 0 Å². The summed E-state index contributed by atoms with van der Waals surface area (Å²) in [5, 5.41) is 10.5. The number of thiophene rings is 1. The van der Waals surface area contributed by atoms with Gasteiger partial charge in [0.2, 0.25) is 0 Å². The molecular weight excluding hydrogens is 468 g/mol. The fourth-order valence-corrected chi connectivity index (χ4v) is 6.58. The third-order valence-corrected chi connectivity index (χ3v) is 8.50. The standard InChI is InChI=1S/C22H19ClN4O3S2/c1-13-20-15(22(28)25-17-6-3-2-5-16(17)23)11-18(19-7-4-9-31-19)24-21(20)27(26-13)14-8-10-32(29,30)12-14/h2-7,9,11,14H,8,10,12H2,1H3,(H,25,28). The number of fused-ring (bicyclic) bond motifs is 1. The van der Waals surface area contributed by atoms with Crippen molar-refractivity contribution < 1.29 is 13.2 Å². The van der Waals surface area contributed by atoms with Crippen LogP contribution in [0, 0.1) is 6.92 Å². The van der Waals surface area contributed by atoms with Gasteiger partial charge in [0.15, 0.2) is 15.5 Å². The largest absolute Gasteiger partial charge is 0.321 e. The van der Waals surface area contributed by atoms with Gasteiger partial charge in [-0.3, -0.25) is 4.79 Å². The monoisotopic (exact) mass is 486 g/mol. The van der Waals surface area contributed by atoms with Crippen molar-refractivity contribution in [3.8, 4) is 10.6 Å². The molecule has 0 bridgehead atoms. The van der Waals surface area contributed by atoms with Crippen molar-refractivity contribution in [2.75, 3.05) is 16.8 Å². The van der Waals surface area contributed by atoms with Crippen LogP contribution in [0.1, 0.15) is 28.5 Å². The van der Waals surface area contributed by atoms with Crippen LogP contribution in [0.5, 0.6) is 0 Å². The first-order valence-corrected chi connectivity index (χ1v) is 13.1. The van der Waals surface area contributed by atoms with Crippen LogP contribution in [0.2, 0.25) is 5.02 Å². The zero-order chi connectivity index (χ0) is 22.5. The molecule has 1 atom stereocenters. The van der Waals surface area contributed by atoms with Gasteiger partial charge in [-0.2, -0.15) is 5.10 Å². The van der Waals surface area contributed by atoms with E-state index in [0.717, 1.165) is 4.88 Å². The van der Waals surface area contributed by atoms with Crippen LogP contribution in [-0.4, -0.2) is 40.6 Å². The van der Waals surface area contributed by atoms with Crippen LogP contribution in [0.15, 0.2) is 47.8 Å². The van der Waals surface area contributed by atoms with Crippen molar-refractivity contribution in [2.45, 2.75) is 19.4 Å². The van der Waals surface area contributed by atoms with Crippen LogP contribution in [-0.2, 0) is 9.84 Å². The minimum absolute atomic E-state index is 0.0231. The van der Waals surface area contributed by atoms with E-state index in [0.29, 0.717) is 45.1 Å². The molecule has 10 heteroatoms. The molecule has 4 heterocycles. The van der Waals surface area contributed by atoms with E-state index in [-0.39, 0.29) is 23.5 Å². The first kappa shape index (κ1) is 21.1. The Morgan fingerprint density at radius 1 is 1.25 bits per heavy atom. The predicted molar refractivity (Wildman–Crippen MR) is 127 cm³/mol. The number of halogens is 1. The molecular formula is C22H19ClN4O3S2. The van der Waals surface area contributed by atoms with E-state index in [1.54, 1.807) is 41.9 Å². The second-order valence-corrected chi connectivity index (χ2v) is 11.3. The number of sulfone groups is 1. The summed E-state index contributed by atoms with van der Waals surface area (Å²) in [4.78, 5) is 19.1. The molecule has 1 unspecified atom stereocenters. The Bertz CT molecular complexity index is 1450. The van der Waals surface area contributed by atoms with Crippen LogP contribution < -0.4 is 5.32 Å². The number of rotatable bonds is 4. The maximum atomic E-state index is 13.4. The number of benzene rings is 1. The maximum absolute atomic E-state index is 13.4. The quantitative estimate of drug-likeness (QED) is 0.450. The Morgan fingerprint density at radius 3 is 2.75 bits per heavy atom. The lowest BCUT2D eigenvalue weighted by atomic mass is 10.1. The third-order valence-electron chi connectivity index (χ3n) is 5.53. The molecule has 5 rings (SSSR count). The van der Waals surface area contributed by atoms with Gasteiger partial charge in [0.25, 0.3) is 5.91 Å². The van der Waals surface area contributed by atoms with Gasteiger partial charge in [0.05, 0.1) is 55.5 Å². The number of carbonyl (C=O) groups excluding carboxylic acids is 1. The molecule has 1 saturated heterocycles. The Hall–Kier alpha value is -2.75. The van der Waals surface area contributed by atoms with E-state index in [1.165, 1.54) is 11.3 Å². The molecule has 0 spiro atoms. The summed E-state index contributed by atoms with van der Waals surface area (Å²) in [5.41, 5.74) is 2.70. The Balaban J connectivity index is 1.68. The molecule has 4 aromatic rings. The highest BCUT2D eigenvalue weighted by atomic mass is 35.5. The van der Waals surface area contributed by atoms with Crippen LogP contribution in [0.25, 0.3) is 21.6 Å². The molecule has 7 nitrogen and oxygen atoms in total. The number of nitrogens with one attached hydrogen (secondary N) is 1. The number of hydrogen-bond donors (Lipinski definition) is 1. The van der Waals surface area contributed by atoms with Crippen LogP contribution in [0.4, 0.5) is 5.69 Å². The van der Waals surface area contributed by atoms with Gasteiger partial charge in [-0.05, 0) is 43.0 Å². The lowest BCUT2D eigenvalue weighted by Gasteiger charge is -2.12. The molecule has 32 heavy (non-hydrogen) atoms. The summed E-state index contributed by atoms with van der Waals surface area (Å²) >= 11 is 7.75. The van der Waals surface area contributed by atoms with Crippen molar-refractivity contribution in [3.63, 3.8) is 0 Å². The zero-order valence-electron chi connectivity index (χ0n) is 17.1. The summed E-state index contributed by atoms with van der Waals surface area (Å²) in [6.45, 7) is 1.81. The van der Waals surface area contributed by atoms with E-state index in [9.17, 15) is 13.2 Å². The normalized spacial score (nSPS) is 17.6. The van der Waals surface area contributed by atoms with Crippen molar-refractivity contribution >= 4 is 55.4 Å². The summed E-state index contributed by atoms with van der Waals surface area (Å²) in [5.74, 6) is -0.178. The van der Waals surface area contributed by atoms with Gasteiger partial charge in [-0.25, -0.2) is 18.1 Å². The van der Waals surface area contributed by atoms with Gasteiger partial charge in [0, 0.05) is 0 Å². The molecule has 1 aliphatic heterocycles. The topological polar surface area (TPSA) is 93.9 Å². The average molecular weight is 487 g/mol. The number of carbonyl (C=O) groups is 1. The number of hydrogen-bond acceptors (Lipinski definition) is 6. The number of pyridine rings is 1. The molecule has 1 aromatic carbocycles. The average Bonchev–Trinajstić information content (AvgIpc) is 3.48. The Kier molecular flexibility index (Phi) is 5.27. The highest BCUT2D eigenvalue weighted by molar-refractivity contribution is 7.91. The van der Waals surface area contributed by atoms with E-state index in [1.807, 2.05) is 17.5 Å². The number of aryl methyl sites for hydroxylation is 1. The molecule has 0 saturated carbocycles. The predicted octanol–water partition coefficient (Wildman–Crippen LogP) is 4.73. The maximum Gasteiger partial charge on any atom is 0.256 e. The molecule has 164 valence electrons. The fraction of sp³-hybridized carbons (Fsp3) is 0.227. The number of para-hydroxylation sites is 1. The minimum Gasteiger partial charge on any atom is -0.321 e. The third kappa shape index (κ3) is 3.80. The van der Waals surface area contributed by atoms with Crippen molar-refractivity contribution in [3.05, 3.63) is 64.1 Å². The van der Waals surface area contributed by atoms with Crippen molar-refractivity contribution in [1.82, 2.24) is 14.8 Å². The van der Waals surface area contributed by atoms with E-state index < -0.39 is 9.84 Å². The number of aromatic nitrogens is 3. The molecule has 1 N–H and O–H groups in total. The highest BCUT2D eigenvalue weighted by Crippen LogP contribution is 2.33. The minimum atomic E-state index is -3.11. The summed E-state index contributed by atoms with van der Waals surface area (Å²) in [6, 6.07) is 12.3. The van der Waals surface area contributed by atoms with Gasteiger partial charge in [-0.15, -0.1) is 11.3 Å². The molecule has 0 aliphatic carbocycles. The number of nitrogens with zero attached hydrogens (tertiary/aromatic N) is 3. The first-order valence-electron chi connectivity index (χ1n) is 10.0. The smallest absolute Gasteiger partial charge is 0.256 e. The zero-order valence-corrected chi connectivity index (χ0v) is 19.5. The summed E-state index contributed by atoms with van der Waals surface area (Å²) < 4.78 is 25.8. The summed E-state index contributed by atoms with van der Waals surface area (Å²) in [6.07, 6.45) is 0.477.